The lowest BCUT2D eigenvalue weighted by Crippen LogP contribution is -2.16. The van der Waals surface area contributed by atoms with Crippen molar-refractivity contribution in [3.63, 3.8) is 0 Å². The fourth-order valence-electron chi connectivity index (χ4n) is 2.63. The van der Waals surface area contributed by atoms with Crippen molar-refractivity contribution in [1.82, 2.24) is 0 Å². The molecule has 2 N–H and O–H groups in total. The third kappa shape index (κ3) is 4.53. The highest BCUT2D eigenvalue weighted by Gasteiger charge is 2.33. The summed E-state index contributed by atoms with van der Waals surface area (Å²) in [5.74, 6) is -6.46. The summed E-state index contributed by atoms with van der Waals surface area (Å²) >= 11 is 0. The molecule has 0 heterocycles. The molecule has 0 spiro atoms. The summed E-state index contributed by atoms with van der Waals surface area (Å²) in [7, 11) is 0. The molecule has 0 bridgehead atoms. The molecule has 3 rings (SSSR count). The Morgan fingerprint density at radius 1 is 0.767 bits per heavy atom. The van der Waals surface area contributed by atoms with Crippen LogP contribution in [0.2, 0.25) is 0 Å². The monoisotopic (exact) mass is 428 g/mol. The number of amides is 1. The summed E-state index contributed by atoms with van der Waals surface area (Å²) in [6, 6.07) is 7.95. The smallest absolute Gasteiger partial charge is 0.353 e. The maximum absolute atomic E-state index is 14.3. The Bertz CT molecular complexity index is 1090. The molecular formula is C20H11F7N2O. The normalized spacial score (nSPS) is 11.3. The van der Waals surface area contributed by atoms with Crippen LogP contribution in [-0.4, -0.2) is 5.91 Å². The summed E-state index contributed by atoms with van der Waals surface area (Å²) in [6.07, 6.45) is -4.67. The van der Waals surface area contributed by atoms with Crippen molar-refractivity contribution in [3.05, 3.63) is 89.0 Å². The lowest BCUT2D eigenvalue weighted by atomic mass is 10.1. The zero-order chi connectivity index (χ0) is 22.1. The van der Waals surface area contributed by atoms with Crippen molar-refractivity contribution in [3.8, 4) is 0 Å². The Hall–Kier alpha value is -3.56. The largest absolute Gasteiger partial charge is 0.418 e. The van der Waals surface area contributed by atoms with E-state index in [1.807, 2.05) is 5.32 Å². The van der Waals surface area contributed by atoms with Gasteiger partial charge in [-0.1, -0.05) is 12.1 Å². The topological polar surface area (TPSA) is 41.1 Å². The van der Waals surface area contributed by atoms with Crippen LogP contribution in [0.1, 0.15) is 15.9 Å². The van der Waals surface area contributed by atoms with Gasteiger partial charge in [0.25, 0.3) is 5.91 Å². The number of alkyl halides is 3. The van der Waals surface area contributed by atoms with E-state index >= 15 is 0 Å². The van der Waals surface area contributed by atoms with E-state index in [4.69, 9.17) is 0 Å². The maximum Gasteiger partial charge on any atom is 0.418 e. The van der Waals surface area contributed by atoms with Gasteiger partial charge in [-0.25, -0.2) is 17.6 Å². The quantitative estimate of drug-likeness (QED) is 0.482. The van der Waals surface area contributed by atoms with Gasteiger partial charge in [-0.15, -0.1) is 0 Å². The number of nitrogens with one attached hydrogen (secondary N) is 2. The van der Waals surface area contributed by atoms with Crippen LogP contribution >= 0.6 is 0 Å². The molecule has 0 aliphatic rings. The molecule has 0 saturated carbocycles. The molecule has 1 amide bonds. The van der Waals surface area contributed by atoms with E-state index in [2.05, 4.69) is 5.32 Å². The first kappa shape index (κ1) is 21.2. The average molecular weight is 428 g/mol. The van der Waals surface area contributed by atoms with E-state index in [1.165, 1.54) is 12.1 Å². The Labute approximate surface area is 165 Å². The first-order chi connectivity index (χ1) is 14.1. The fraction of sp³-hybridized carbons (Fsp3) is 0.0500. The van der Waals surface area contributed by atoms with Crippen molar-refractivity contribution >= 4 is 23.0 Å². The van der Waals surface area contributed by atoms with E-state index in [1.54, 1.807) is 0 Å². The second kappa shape index (κ2) is 8.05. The molecule has 156 valence electrons. The highest BCUT2D eigenvalue weighted by Crippen LogP contribution is 2.36. The minimum atomic E-state index is -4.67. The Kier molecular flexibility index (Phi) is 5.68. The fourth-order valence-corrected chi connectivity index (χ4v) is 2.63. The molecule has 0 saturated heterocycles. The second-order valence-corrected chi connectivity index (χ2v) is 6.06. The molecule has 3 aromatic carbocycles. The molecule has 3 nitrogen and oxygen atoms in total. The highest BCUT2D eigenvalue weighted by molar-refractivity contribution is 6.04. The van der Waals surface area contributed by atoms with Gasteiger partial charge >= 0.3 is 6.18 Å². The van der Waals surface area contributed by atoms with Gasteiger partial charge in [-0.05, 0) is 30.3 Å². The summed E-state index contributed by atoms with van der Waals surface area (Å²) in [6.45, 7) is 0. The lowest BCUT2D eigenvalue weighted by Gasteiger charge is -2.15. The van der Waals surface area contributed by atoms with Crippen LogP contribution in [0, 0.1) is 23.3 Å². The zero-order valence-electron chi connectivity index (χ0n) is 14.8. The number of para-hydroxylation sites is 1. The van der Waals surface area contributed by atoms with Crippen molar-refractivity contribution in [2.45, 2.75) is 6.18 Å². The SMILES string of the molecule is O=C(Nc1ccc(Nc2ccccc2C(F)(F)F)c(F)c1)c1c(F)cc(F)cc1F. The first-order valence-electron chi connectivity index (χ1n) is 8.25. The van der Waals surface area contributed by atoms with Crippen molar-refractivity contribution < 1.29 is 35.5 Å². The molecule has 3 aromatic rings. The minimum absolute atomic E-state index is 0.227. The van der Waals surface area contributed by atoms with Crippen LogP contribution in [0.3, 0.4) is 0 Å². The number of hydrogen-bond donors (Lipinski definition) is 2. The van der Waals surface area contributed by atoms with Gasteiger partial charge in [-0.3, -0.25) is 4.79 Å². The minimum Gasteiger partial charge on any atom is -0.353 e. The standard InChI is InChI=1S/C20H11F7N2O/c21-10-7-14(23)18(15(24)8-10)19(30)28-11-5-6-17(13(22)9-11)29-16-4-2-1-3-12(16)20(25,26)27/h1-9,29H,(H,28,30). The predicted molar refractivity (Wildman–Crippen MR) is 95.4 cm³/mol. The maximum atomic E-state index is 14.3. The number of carbonyl (C=O) groups excluding carboxylic acids is 1. The average Bonchev–Trinajstić information content (AvgIpc) is 2.62. The molecule has 0 aliphatic carbocycles. The van der Waals surface area contributed by atoms with E-state index in [0.717, 1.165) is 30.3 Å². The van der Waals surface area contributed by atoms with Gasteiger partial charge in [0.05, 0.1) is 16.9 Å². The molecular weight excluding hydrogens is 417 g/mol. The number of rotatable bonds is 4. The van der Waals surface area contributed by atoms with Crippen molar-refractivity contribution in [2.24, 2.45) is 0 Å². The van der Waals surface area contributed by atoms with Gasteiger partial charge in [0.2, 0.25) is 0 Å². The van der Waals surface area contributed by atoms with Gasteiger partial charge in [0, 0.05) is 17.8 Å². The molecule has 0 radical (unpaired) electrons. The van der Waals surface area contributed by atoms with E-state index in [-0.39, 0.29) is 11.4 Å². The Morgan fingerprint density at radius 3 is 2.00 bits per heavy atom. The summed E-state index contributed by atoms with van der Waals surface area (Å²) in [5, 5.41) is 4.35. The number of hydrogen-bond acceptors (Lipinski definition) is 2. The predicted octanol–water partition coefficient (Wildman–Crippen LogP) is 6.26. The third-order valence-corrected chi connectivity index (χ3v) is 3.96. The Morgan fingerprint density at radius 2 is 1.40 bits per heavy atom. The van der Waals surface area contributed by atoms with Crippen molar-refractivity contribution in [1.29, 1.82) is 0 Å². The first-order valence-corrected chi connectivity index (χ1v) is 8.25. The van der Waals surface area contributed by atoms with E-state index in [9.17, 15) is 35.5 Å². The molecule has 0 aromatic heterocycles. The number of benzene rings is 3. The lowest BCUT2D eigenvalue weighted by molar-refractivity contribution is -0.136. The highest BCUT2D eigenvalue weighted by atomic mass is 19.4. The van der Waals surface area contributed by atoms with Crippen molar-refractivity contribution in [2.75, 3.05) is 10.6 Å². The van der Waals surface area contributed by atoms with Gasteiger partial charge in [0.1, 0.15) is 28.8 Å². The number of carbonyl (C=O) groups is 1. The van der Waals surface area contributed by atoms with Crippen LogP contribution < -0.4 is 10.6 Å². The summed E-state index contributed by atoms with van der Waals surface area (Å²) in [4.78, 5) is 12.0. The molecule has 0 fully saturated rings. The molecule has 10 heteroatoms. The van der Waals surface area contributed by atoms with E-state index in [0.29, 0.717) is 12.1 Å². The molecule has 0 atom stereocenters. The van der Waals surface area contributed by atoms with Crippen LogP contribution in [0.5, 0.6) is 0 Å². The molecule has 0 aliphatic heterocycles. The van der Waals surface area contributed by atoms with Crippen LogP contribution in [-0.2, 0) is 6.18 Å². The van der Waals surface area contributed by atoms with Crippen LogP contribution in [0.15, 0.2) is 54.6 Å². The zero-order valence-corrected chi connectivity index (χ0v) is 14.8. The Balaban J connectivity index is 1.83. The number of halogens is 7. The van der Waals surface area contributed by atoms with Gasteiger partial charge in [-0.2, -0.15) is 13.2 Å². The second-order valence-electron chi connectivity index (χ2n) is 6.06. The van der Waals surface area contributed by atoms with E-state index < -0.39 is 52.2 Å². The summed E-state index contributed by atoms with van der Waals surface area (Å²) in [5.41, 5.74) is -3.03. The third-order valence-electron chi connectivity index (χ3n) is 3.96. The molecule has 30 heavy (non-hydrogen) atoms. The summed E-state index contributed by atoms with van der Waals surface area (Å²) < 4.78 is 93.7. The van der Waals surface area contributed by atoms with Gasteiger partial charge < -0.3 is 10.6 Å². The van der Waals surface area contributed by atoms with Crippen LogP contribution in [0.25, 0.3) is 0 Å². The van der Waals surface area contributed by atoms with Gasteiger partial charge in [0.15, 0.2) is 0 Å². The molecule has 0 unspecified atom stereocenters. The number of anilines is 3. The van der Waals surface area contributed by atoms with Crippen LogP contribution in [0.4, 0.5) is 47.8 Å².